The molecule has 2 fully saturated rings. The Kier molecular flexibility index (Phi) is 3.47. The fraction of sp³-hybridized carbons (Fsp3) is 0.471. The number of aromatic nitrogens is 2. The van der Waals surface area contributed by atoms with Crippen molar-refractivity contribution >= 4 is 0 Å². The third-order valence-electron chi connectivity index (χ3n) is 4.98. The predicted molar refractivity (Wildman–Crippen MR) is 83.3 cm³/mol. The minimum absolute atomic E-state index is 0.219. The Morgan fingerprint density at radius 1 is 1.23 bits per heavy atom. The van der Waals surface area contributed by atoms with Gasteiger partial charge in [0, 0.05) is 31.4 Å². The lowest BCUT2D eigenvalue weighted by Gasteiger charge is -2.22. The number of nitrogens with one attached hydrogen (secondary N) is 1. The van der Waals surface area contributed by atoms with Gasteiger partial charge in [0.15, 0.2) is 0 Å². The van der Waals surface area contributed by atoms with Crippen LogP contribution in [0.1, 0.15) is 18.4 Å². The van der Waals surface area contributed by atoms with E-state index in [1.54, 1.807) is 12.1 Å². The van der Waals surface area contributed by atoms with Crippen LogP contribution in [0.5, 0.6) is 0 Å². The molecule has 1 atom stereocenters. The summed E-state index contributed by atoms with van der Waals surface area (Å²) in [7, 11) is 0. The number of benzene rings is 1. The third kappa shape index (κ3) is 2.66. The molecule has 3 heterocycles. The third-order valence-corrected chi connectivity index (χ3v) is 4.98. The highest BCUT2D eigenvalue weighted by Crippen LogP contribution is 2.36. The van der Waals surface area contributed by atoms with E-state index in [1.807, 2.05) is 17.1 Å². The van der Waals surface area contributed by atoms with E-state index in [0.717, 1.165) is 18.8 Å². The van der Waals surface area contributed by atoms with Gasteiger partial charge in [-0.25, -0.2) is 9.07 Å². The first-order chi connectivity index (χ1) is 10.7. The number of hydrogen-bond acceptors (Lipinski definition) is 3. The molecule has 1 aromatic heterocycles. The van der Waals surface area contributed by atoms with Gasteiger partial charge in [0.2, 0.25) is 0 Å². The number of hydrogen-bond donors (Lipinski definition) is 1. The molecular weight excluding hydrogens is 279 g/mol. The molecule has 0 aliphatic carbocycles. The molecule has 2 aliphatic heterocycles. The second-order valence-corrected chi connectivity index (χ2v) is 6.66. The van der Waals surface area contributed by atoms with Gasteiger partial charge >= 0.3 is 0 Å². The lowest BCUT2D eigenvalue weighted by Crippen LogP contribution is -2.28. The van der Waals surface area contributed by atoms with Gasteiger partial charge in [-0.2, -0.15) is 5.10 Å². The van der Waals surface area contributed by atoms with Crippen LogP contribution in [0.2, 0.25) is 0 Å². The molecular formula is C17H21FN4. The van der Waals surface area contributed by atoms with Crippen molar-refractivity contribution in [3.63, 3.8) is 0 Å². The van der Waals surface area contributed by atoms with E-state index in [0.29, 0.717) is 5.41 Å². The van der Waals surface area contributed by atoms with Crippen LogP contribution in [-0.4, -0.2) is 40.9 Å². The SMILES string of the molecule is Fc1ccc(-n2cc(CN3CCC4(CCNC4)C3)cn2)cc1. The molecule has 0 radical (unpaired) electrons. The number of likely N-dealkylation sites (tertiary alicyclic amines) is 1. The molecule has 5 heteroatoms. The van der Waals surface area contributed by atoms with Crippen LogP contribution in [0.3, 0.4) is 0 Å². The summed E-state index contributed by atoms with van der Waals surface area (Å²) in [6.07, 6.45) is 6.57. The summed E-state index contributed by atoms with van der Waals surface area (Å²) in [6.45, 7) is 5.63. The van der Waals surface area contributed by atoms with Crippen molar-refractivity contribution in [2.24, 2.45) is 5.41 Å². The largest absolute Gasteiger partial charge is 0.316 e. The molecule has 0 amide bonds. The molecule has 4 rings (SSSR count). The maximum absolute atomic E-state index is 13.0. The lowest BCUT2D eigenvalue weighted by molar-refractivity contribution is 0.268. The lowest BCUT2D eigenvalue weighted by atomic mass is 9.87. The van der Waals surface area contributed by atoms with E-state index >= 15 is 0 Å². The molecule has 1 spiro atoms. The molecule has 4 nitrogen and oxygen atoms in total. The predicted octanol–water partition coefficient (Wildman–Crippen LogP) is 2.20. The fourth-order valence-electron chi connectivity index (χ4n) is 3.74. The first-order valence-electron chi connectivity index (χ1n) is 7.95. The zero-order valence-corrected chi connectivity index (χ0v) is 12.6. The second-order valence-electron chi connectivity index (χ2n) is 6.66. The summed E-state index contributed by atoms with van der Waals surface area (Å²) in [4.78, 5) is 2.53. The Balaban J connectivity index is 1.43. The smallest absolute Gasteiger partial charge is 0.123 e. The van der Waals surface area contributed by atoms with Crippen molar-refractivity contribution in [2.75, 3.05) is 26.2 Å². The Hall–Kier alpha value is -1.72. The second kappa shape index (κ2) is 5.48. The van der Waals surface area contributed by atoms with Crippen LogP contribution in [0.15, 0.2) is 36.7 Å². The Labute approximate surface area is 129 Å². The average molecular weight is 300 g/mol. The van der Waals surface area contributed by atoms with Crippen LogP contribution in [0, 0.1) is 11.2 Å². The first-order valence-corrected chi connectivity index (χ1v) is 7.95. The first kappa shape index (κ1) is 13.9. The van der Waals surface area contributed by atoms with Crippen LogP contribution in [-0.2, 0) is 6.54 Å². The molecule has 1 aromatic carbocycles. The number of halogens is 1. The normalized spacial score (nSPS) is 25.3. The van der Waals surface area contributed by atoms with Crippen molar-refractivity contribution in [2.45, 2.75) is 19.4 Å². The molecule has 22 heavy (non-hydrogen) atoms. The fourth-order valence-corrected chi connectivity index (χ4v) is 3.74. The van der Waals surface area contributed by atoms with E-state index in [4.69, 9.17) is 0 Å². The Morgan fingerprint density at radius 2 is 2.09 bits per heavy atom. The van der Waals surface area contributed by atoms with Crippen LogP contribution in [0.4, 0.5) is 4.39 Å². The molecule has 1 N–H and O–H groups in total. The quantitative estimate of drug-likeness (QED) is 0.943. The van der Waals surface area contributed by atoms with E-state index in [1.165, 1.54) is 50.2 Å². The summed E-state index contributed by atoms with van der Waals surface area (Å²) in [5, 5.41) is 7.90. The van der Waals surface area contributed by atoms with Crippen molar-refractivity contribution in [1.82, 2.24) is 20.0 Å². The summed E-state index contributed by atoms with van der Waals surface area (Å²) in [6, 6.07) is 6.43. The standard InChI is InChI=1S/C17H21FN4/c18-15-1-3-16(4-2-15)22-11-14(9-20-22)10-21-8-6-17(13-21)5-7-19-12-17/h1-4,9,11,19H,5-8,10,12-13H2. The van der Waals surface area contributed by atoms with Gasteiger partial charge in [0.1, 0.15) is 5.82 Å². The molecule has 0 bridgehead atoms. The van der Waals surface area contributed by atoms with Gasteiger partial charge in [0.05, 0.1) is 11.9 Å². The highest BCUT2D eigenvalue weighted by Gasteiger charge is 2.40. The van der Waals surface area contributed by atoms with Crippen molar-refractivity contribution < 1.29 is 4.39 Å². The number of nitrogens with zero attached hydrogens (tertiary/aromatic N) is 3. The Morgan fingerprint density at radius 3 is 2.86 bits per heavy atom. The monoisotopic (exact) mass is 300 g/mol. The van der Waals surface area contributed by atoms with E-state index in [-0.39, 0.29) is 5.82 Å². The van der Waals surface area contributed by atoms with Crippen LogP contribution < -0.4 is 5.32 Å². The van der Waals surface area contributed by atoms with Crippen molar-refractivity contribution in [1.29, 1.82) is 0 Å². The van der Waals surface area contributed by atoms with Crippen molar-refractivity contribution in [3.05, 3.63) is 48.0 Å². The topological polar surface area (TPSA) is 33.1 Å². The zero-order valence-electron chi connectivity index (χ0n) is 12.6. The minimum atomic E-state index is -0.219. The van der Waals surface area contributed by atoms with Gasteiger partial charge in [-0.1, -0.05) is 0 Å². The van der Waals surface area contributed by atoms with Gasteiger partial charge < -0.3 is 5.32 Å². The van der Waals surface area contributed by atoms with E-state index in [9.17, 15) is 4.39 Å². The highest BCUT2D eigenvalue weighted by molar-refractivity contribution is 5.31. The Bertz CT molecular complexity index is 643. The molecule has 2 aromatic rings. The van der Waals surface area contributed by atoms with Crippen molar-refractivity contribution in [3.8, 4) is 5.69 Å². The molecule has 1 unspecified atom stereocenters. The van der Waals surface area contributed by atoms with Crippen LogP contribution >= 0.6 is 0 Å². The van der Waals surface area contributed by atoms with E-state index < -0.39 is 0 Å². The van der Waals surface area contributed by atoms with Gasteiger partial charge in [-0.3, -0.25) is 4.90 Å². The summed E-state index contributed by atoms with van der Waals surface area (Å²) in [5.74, 6) is -0.219. The summed E-state index contributed by atoms with van der Waals surface area (Å²) >= 11 is 0. The average Bonchev–Trinajstić information content (AvgIpc) is 3.24. The maximum Gasteiger partial charge on any atom is 0.123 e. The minimum Gasteiger partial charge on any atom is -0.316 e. The number of rotatable bonds is 3. The molecule has 116 valence electrons. The van der Waals surface area contributed by atoms with Gasteiger partial charge in [-0.15, -0.1) is 0 Å². The molecule has 2 aliphatic rings. The zero-order chi connectivity index (χ0) is 15.0. The highest BCUT2D eigenvalue weighted by atomic mass is 19.1. The molecule has 0 saturated carbocycles. The summed E-state index contributed by atoms with van der Waals surface area (Å²) in [5.41, 5.74) is 2.62. The maximum atomic E-state index is 13.0. The van der Waals surface area contributed by atoms with Crippen LogP contribution in [0.25, 0.3) is 5.69 Å². The van der Waals surface area contributed by atoms with Gasteiger partial charge in [-0.05, 0) is 55.6 Å². The summed E-state index contributed by atoms with van der Waals surface area (Å²) < 4.78 is 14.8. The molecule has 2 saturated heterocycles. The van der Waals surface area contributed by atoms with Gasteiger partial charge in [0.25, 0.3) is 0 Å². The van der Waals surface area contributed by atoms with E-state index in [2.05, 4.69) is 15.3 Å².